The van der Waals surface area contributed by atoms with Crippen LogP contribution in [0.15, 0.2) is 39.8 Å². The Morgan fingerprint density at radius 2 is 2.05 bits per heavy atom. The van der Waals surface area contributed by atoms with E-state index in [0.717, 1.165) is 22.0 Å². The summed E-state index contributed by atoms with van der Waals surface area (Å²) in [5, 5.41) is 0. The number of benzene rings is 1. The van der Waals surface area contributed by atoms with Gasteiger partial charge in [-0.1, -0.05) is 13.0 Å². The van der Waals surface area contributed by atoms with E-state index in [0.29, 0.717) is 11.5 Å². The molecule has 0 amide bonds. The van der Waals surface area contributed by atoms with Crippen molar-refractivity contribution in [1.29, 1.82) is 0 Å². The van der Waals surface area contributed by atoms with Crippen LogP contribution >= 0.6 is 15.9 Å². The Morgan fingerprint density at radius 1 is 1.33 bits per heavy atom. The highest BCUT2D eigenvalue weighted by Gasteiger charge is 2.17. The Labute approximate surface area is 132 Å². The fraction of sp³-hybridized carbons (Fsp3) is 0.214. The molecule has 0 saturated carbocycles. The maximum absolute atomic E-state index is 12.4. The van der Waals surface area contributed by atoms with Gasteiger partial charge in [-0.2, -0.15) is 0 Å². The molecule has 1 aromatic heterocycles. The average molecular weight is 370 g/mol. The summed E-state index contributed by atoms with van der Waals surface area (Å²) in [6, 6.07) is 6.53. The molecule has 1 aromatic carbocycles. The van der Waals surface area contributed by atoms with Crippen molar-refractivity contribution >= 4 is 37.5 Å². The average Bonchev–Trinajstić information content (AvgIpc) is 2.42. The number of rotatable bonds is 4. The number of nitrogens with one attached hydrogen (secondary N) is 1. The van der Waals surface area contributed by atoms with E-state index in [2.05, 4.69) is 25.6 Å². The second kappa shape index (κ2) is 6.03. The molecule has 0 unspecified atom stereocenters. The summed E-state index contributed by atoms with van der Waals surface area (Å²) in [5.74, 6) is 0.302. The lowest BCUT2D eigenvalue weighted by Gasteiger charge is -2.11. The SMILES string of the molecule is CCc1ccc(S(=O)(=O)Nc2ncc(Br)cc2C)cc1N. The number of nitrogens with zero attached hydrogens (tertiary/aromatic N) is 1. The molecule has 112 valence electrons. The Hall–Kier alpha value is -1.60. The van der Waals surface area contributed by atoms with E-state index >= 15 is 0 Å². The van der Waals surface area contributed by atoms with Gasteiger partial charge in [-0.15, -0.1) is 0 Å². The zero-order chi connectivity index (χ0) is 15.6. The number of halogens is 1. The summed E-state index contributed by atoms with van der Waals surface area (Å²) >= 11 is 3.29. The van der Waals surface area contributed by atoms with Crippen molar-refractivity contribution in [2.75, 3.05) is 10.5 Å². The van der Waals surface area contributed by atoms with Crippen LogP contribution in [0.2, 0.25) is 0 Å². The maximum atomic E-state index is 12.4. The molecular weight excluding hydrogens is 354 g/mol. The number of aryl methyl sites for hydroxylation is 2. The maximum Gasteiger partial charge on any atom is 0.263 e. The van der Waals surface area contributed by atoms with Gasteiger partial charge in [0.15, 0.2) is 0 Å². The quantitative estimate of drug-likeness (QED) is 0.810. The molecule has 0 fully saturated rings. The van der Waals surface area contributed by atoms with Crippen molar-refractivity contribution in [1.82, 2.24) is 4.98 Å². The Morgan fingerprint density at radius 3 is 2.62 bits per heavy atom. The van der Waals surface area contributed by atoms with Gasteiger partial charge in [0.1, 0.15) is 5.82 Å². The Kier molecular flexibility index (Phi) is 4.53. The van der Waals surface area contributed by atoms with E-state index in [1.54, 1.807) is 31.3 Å². The molecule has 0 atom stereocenters. The van der Waals surface area contributed by atoms with Gasteiger partial charge in [-0.25, -0.2) is 13.4 Å². The lowest BCUT2D eigenvalue weighted by Crippen LogP contribution is -2.15. The van der Waals surface area contributed by atoms with E-state index in [-0.39, 0.29) is 4.90 Å². The minimum Gasteiger partial charge on any atom is -0.398 e. The summed E-state index contributed by atoms with van der Waals surface area (Å²) in [6.07, 6.45) is 2.30. The van der Waals surface area contributed by atoms with Gasteiger partial charge >= 0.3 is 0 Å². The molecule has 0 radical (unpaired) electrons. The topological polar surface area (TPSA) is 85.1 Å². The van der Waals surface area contributed by atoms with Crippen molar-refractivity contribution in [2.45, 2.75) is 25.2 Å². The van der Waals surface area contributed by atoms with E-state index in [1.165, 1.54) is 6.07 Å². The number of anilines is 2. The van der Waals surface area contributed by atoms with Gasteiger partial charge < -0.3 is 5.73 Å². The fourth-order valence-corrected chi connectivity index (χ4v) is 3.46. The highest BCUT2D eigenvalue weighted by Crippen LogP contribution is 2.23. The molecule has 0 spiro atoms. The lowest BCUT2D eigenvalue weighted by molar-refractivity contribution is 0.601. The van der Waals surface area contributed by atoms with Crippen LogP contribution in [0.5, 0.6) is 0 Å². The molecule has 0 aliphatic heterocycles. The third kappa shape index (κ3) is 3.54. The van der Waals surface area contributed by atoms with Crippen molar-refractivity contribution in [3.05, 3.63) is 46.1 Å². The van der Waals surface area contributed by atoms with Crippen LogP contribution in [0, 0.1) is 6.92 Å². The zero-order valence-corrected chi connectivity index (χ0v) is 14.1. The molecular formula is C14H16BrN3O2S. The highest BCUT2D eigenvalue weighted by molar-refractivity contribution is 9.10. The molecule has 21 heavy (non-hydrogen) atoms. The number of nitrogens with two attached hydrogens (primary N) is 1. The largest absolute Gasteiger partial charge is 0.398 e. The zero-order valence-electron chi connectivity index (χ0n) is 11.7. The van der Waals surface area contributed by atoms with E-state index in [9.17, 15) is 8.42 Å². The Bertz CT molecular complexity index is 776. The highest BCUT2D eigenvalue weighted by atomic mass is 79.9. The molecule has 0 saturated heterocycles. The van der Waals surface area contributed by atoms with Crippen molar-refractivity contribution in [3.63, 3.8) is 0 Å². The minimum absolute atomic E-state index is 0.126. The summed E-state index contributed by atoms with van der Waals surface area (Å²) in [6.45, 7) is 3.75. The first kappa shape index (κ1) is 15.8. The molecule has 1 heterocycles. The van der Waals surface area contributed by atoms with Gasteiger partial charge in [0.2, 0.25) is 0 Å². The predicted octanol–water partition coefficient (Wildman–Crippen LogP) is 3.10. The predicted molar refractivity (Wildman–Crippen MR) is 87.7 cm³/mol. The second-order valence-corrected chi connectivity index (χ2v) is 7.24. The number of pyridine rings is 1. The fourth-order valence-electron chi connectivity index (χ4n) is 1.90. The van der Waals surface area contributed by atoms with Gasteiger partial charge in [-0.05, 0) is 58.6 Å². The third-order valence-corrected chi connectivity index (χ3v) is 4.85. The first-order chi connectivity index (χ1) is 9.83. The number of sulfonamides is 1. The summed E-state index contributed by atoms with van der Waals surface area (Å²) < 4.78 is 28.0. The Balaban J connectivity index is 2.36. The van der Waals surface area contributed by atoms with Gasteiger partial charge in [0.25, 0.3) is 10.0 Å². The molecule has 7 heteroatoms. The standard InChI is InChI=1S/C14H16BrN3O2S/c1-3-10-4-5-12(7-13(10)16)21(19,20)18-14-9(2)6-11(15)8-17-14/h4-8H,3,16H2,1-2H3,(H,17,18). The third-order valence-electron chi connectivity index (χ3n) is 3.08. The summed E-state index contributed by atoms with van der Waals surface area (Å²) in [5.41, 5.74) is 7.98. The number of aromatic nitrogens is 1. The second-order valence-electron chi connectivity index (χ2n) is 4.64. The summed E-state index contributed by atoms with van der Waals surface area (Å²) in [4.78, 5) is 4.20. The van der Waals surface area contributed by atoms with E-state index < -0.39 is 10.0 Å². The smallest absolute Gasteiger partial charge is 0.263 e. The number of nitrogen functional groups attached to an aromatic ring is 1. The van der Waals surface area contributed by atoms with Crippen LogP contribution in [0.4, 0.5) is 11.5 Å². The normalized spacial score (nSPS) is 11.4. The van der Waals surface area contributed by atoms with Crippen LogP contribution < -0.4 is 10.5 Å². The van der Waals surface area contributed by atoms with Crippen LogP contribution in [-0.2, 0) is 16.4 Å². The van der Waals surface area contributed by atoms with E-state index in [4.69, 9.17) is 5.73 Å². The lowest BCUT2D eigenvalue weighted by atomic mass is 10.1. The van der Waals surface area contributed by atoms with E-state index in [1.807, 2.05) is 6.92 Å². The molecule has 3 N–H and O–H groups in total. The van der Waals surface area contributed by atoms with Crippen molar-refractivity contribution in [2.24, 2.45) is 0 Å². The molecule has 2 rings (SSSR count). The minimum atomic E-state index is -3.70. The molecule has 0 aliphatic carbocycles. The van der Waals surface area contributed by atoms with Gasteiger partial charge in [0.05, 0.1) is 4.90 Å². The molecule has 5 nitrogen and oxygen atoms in total. The van der Waals surface area contributed by atoms with Crippen molar-refractivity contribution < 1.29 is 8.42 Å². The molecule has 0 aliphatic rings. The first-order valence-electron chi connectivity index (χ1n) is 6.37. The van der Waals surface area contributed by atoms with Crippen molar-refractivity contribution in [3.8, 4) is 0 Å². The molecule has 0 bridgehead atoms. The summed E-state index contributed by atoms with van der Waals surface area (Å²) in [7, 11) is -3.70. The number of hydrogen-bond acceptors (Lipinski definition) is 4. The van der Waals surface area contributed by atoms with Gasteiger partial charge in [0, 0.05) is 16.4 Å². The van der Waals surface area contributed by atoms with Crippen LogP contribution in [-0.4, -0.2) is 13.4 Å². The number of hydrogen-bond donors (Lipinski definition) is 2. The van der Waals surface area contributed by atoms with Crippen LogP contribution in [0.3, 0.4) is 0 Å². The van der Waals surface area contributed by atoms with Crippen LogP contribution in [0.1, 0.15) is 18.1 Å². The molecule has 2 aromatic rings. The van der Waals surface area contributed by atoms with Crippen LogP contribution in [0.25, 0.3) is 0 Å². The first-order valence-corrected chi connectivity index (χ1v) is 8.64. The van der Waals surface area contributed by atoms with Gasteiger partial charge in [-0.3, -0.25) is 4.72 Å². The monoisotopic (exact) mass is 369 g/mol.